The highest BCUT2D eigenvalue weighted by Gasteiger charge is 2.22. The summed E-state index contributed by atoms with van der Waals surface area (Å²) in [6.45, 7) is 5.53. The number of fused-ring (bicyclic) bond motifs is 1. The van der Waals surface area contributed by atoms with Crippen molar-refractivity contribution in [3.63, 3.8) is 0 Å². The van der Waals surface area contributed by atoms with E-state index in [-0.39, 0.29) is 17.9 Å². The molecule has 0 bridgehead atoms. The summed E-state index contributed by atoms with van der Waals surface area (Å²) in [5, 5.41) is 5.13. The molecule has 1 amide bonds. The number of thiophene rings is 1. The molecule has 2 aromatic rings. The van der Waals surface area contributed by atoms with Crippen LogP contribution in [0.4, 0.5) is 5.69 Å². The minimum Gasteiger partial charge on any atom is -0.311 e. The lowest BCUT2D eigenvalue weighted by molar-refractivity contribution is -0.118. The van der Waals surface area contributed by atoms with E-state index in [0.29, 0.717) is 18.2 Å². The zero-order valence-electron chi connectivity index (χ0n) is 13.7. The normalized spacial score (nSPS) is 14.8. The molecule has 0 saturated heterocycles. The molecular weight excluding hydrogens is 310 g/mol. The number of carbonyl (C=O) groups excluding carboxylic acids is 1. The van der Waals surface area contributed by atoms with Gasteiger partial charge in [-0.3, -0.25) is 19.4 Å². The van der Waals surface area contributed by atoms with Crippen molar-refractivity contribution < 1.29 is 4.79 Å². The summed E-state index contributed by atoms with van der Waals surface area (Å²) in [5.41, 5.74) is 1.69. The van der Waals surface area contributed by atoms with Gasteiger partial charge in [0, 0.05) is 29.7 Å². The molecule has 6 heteroatoms. The van der Waals surface area contributed by atoms with Gasteiger partial charge in [0.1, 0.15) is 0 Å². The van der Waals surface area contributed by atoms with E-state index in [1.54, 1.807) is 22.1 Å². The van der Waals surface area contributed by atoms with Crippen LogP contribution >= 0.6 is 11.3 Å². The molecular formula is C17H23N3O2S. The summed E-state index contributed by atoms with van der Waals surface area (Å²) < 4.78 is 1.59. The SMILES string of the molecule is CC(C)Cn1[nH]c(CC(=O)N2CCCCc3sccc32)cc1=O. The van der Waals surface area contributed by atoms with Crippen molar-refractivity contribution in [1.29, 1.82) is 0 Å². The van der Waals surface area contributed by atoms with Gasteiger partial charge in [0.15, 0.2) is 0 Å². The molecule has 1 aliphatic heterocycles. The fourth-order valence-corrected chi connectivity index (χ4v) is 3.96. The van der Waals surface area contributed by atoms with Gasteiger partial charge in [-0.1, -0.05) is 13.8 Å². The topological polar surface area (TPSA) is 58.1 Å². The van der Waals surface area contributed by atoms with E-state index in [2.05, 4.69) is 24.3 Å². The minimum absolute atomic E-state index is 0.0597. The van der Waals surface area contributed by atoms with Gasteiger partial charge in [0.25, 0.3) is 5.56 Å². The molecule has 3 heterocycles. The third-order valence-corrected chi connectivity index (χ3v) is 5.05. The van der Waals surface area contributed by atoms with Crippen LogP contribution in [0.5, 0.6) is 0 Å². The number of anilines is 1. The number of H-pyrrole nitrogens is 1. The molecule has 1 N–H and O–H groups in total. The van der Waals surface area contributed by atoms with Gasteiger partial charge >= 0.3 is 0 Å². The second-order valence-electron chi connectivity index (χ2n) is 6.53. The Morgan fingerprint density at radius 1 is 1.39 bits per heavy atom. The van der Waals surface area contributed by atoms with Gasteiger partial charge in [-0.05, 0) is 36.6 Å². The summed E-state index contributed by atoms with van der Waals surface area (Å²) in [5.74, 6) is 0.443. The third kappa shape index (κ3) is 3.58. The summed E-state index contributed by atoms with van der Waals surface area (Å²) in [4.78, 5) is 27.9. The second-order valence-corrected chi connectivity index (χ2v) is 7.53. The van der Waals surface area contributed by atoms with Crippen LogP contribution in [0, 0.1) is 5.92 Å². The van der Waals surface area contributed by atoms with Crippen LogP contribution in [0.15, 0.2) is 22.3 Å². The Kier molecular flexibility index (Phi) is 4.71. The maximum Gasteiger partial charge on any atom is 0.266 e. The predicted molar refractivity (Wildman–Crippen MR) is 93.2 cm³/mol. The average molecular weight is 333 g/mol. The lowest BCUT2D eigenvalue weighted by atomic mass is 10.2. The highest BCUT2D eigenvalue weighted by molar-refractivity contribution is 7.10. The number of carbonyl (C=O) groups is 1. The molecule has 0 atom stereocenters. The fourth-order valence-electron chi connectivity index (χ4n) is 3.03. The summed E-state index contributed by atoms with van der Waals surface area (Å²) in [6.07, 6.45) is 3.45. The molecule has 0 radical (unpaired) electrons. The van der Waals surface area contributed by atoms with E-state index in [4.69, 9.17) is 0 Å². The Morgan fingerprint density at radius 3 is 3.00 bits per heavy atom. The Labute approximate surface area is 139 Å². The third-order valence-electron chi connectivity index (χ3n) is 4.08. The highest BCUT2D eigenvalue weighted by atomic mass is 32.1. The molecule has 2 aromatic heterocycles. The fraction of sp³-hybridized carbons (Fsp3) is 0.529. The first-order valence-electron chi connectivity index (χ1n) is 8.20. The molecule has 0 spiro atoms. The Bertz CT molecular complexity index is 741. The first-order chi connectivity index (χ1) is 11.0. The van der Waals surface area contributed by atoms with Gasteiger partial charge in [-0.25, -0.2) is 0 Å². The maximum atomic E-state index is 12.7. The largest absolute Gasteiger partial charge is 0.311 e. The number of hydrogen-bond acceptors (Lipinski definition) is 3. The van der Waals surface area contributed by atoms with Crippen LogP contribution in [0.3, 0.4) is 0 Å². The van der Waals surface area contributed by atoms with Crippen molar-refractivity contribution in [2.24, 2.45) is 5.92 Å². The van der Waals surface area contributed by atoms with Crippen molar-refractivity contribution in [2.75, 3.05) is 11.4 Å². The zero-order chi connectivity index (χ0) is 16.4. The molecule has 0 saturated carbocycles. The molecule has 0 unspecified atom stereocenters. The molecule has 1 aliphatic rings. The van der Waals surface area contributed by atoms with E-state index >= 15 is 0 Å². The lowest BCUT2D eigenvalue weighted by Crippen LogP contribution is -2.32. The molecule has 23 heavy (non-hydrogen) atoms. The van der Waals surface area contributed by atoms with Gasteiger partial charge in [0.05, 0.1) is 12.1 Å². The smallest absolute Gasteiger partial charge is 0.266 e. The number of nitrogens with one attached hydrogen (secondary N) is 1. The van der Waals surface area contributed by atoms with Crippen LogP contribution in [0.1, 0.15) is 37.3 Å². The Balaban J connectivity index is 1.76. The minimum atomic E-state index is -0.0615. The van der Waals surface area contributed by atoms with E-state index < -0.39 is 0 Å². The van der Waals surface area contributed by atoms with Crippen molar-refractivity contribution in [2.45, 2.75) is 46.1 Å². The van der Waals surface area contributed by atoms with E-state index in [9.17, 15) is 9.59 Å². The van der Waals surface area contributed by atoms with E-state index in [1.165, 1.54) is 4.88 Å². The number of aryl methyl sites for hydroxylation is 1. The molecule has 3 rings (SSSR count). The molecule has 0 aliphatic carbocycles. The number of hydrogen-bond donors (Lipinski definition) is 1. The summed E-state index contributed by atoms with van der Waals surface area (Å²) >= 11 is 1.72. The molecule has 0 aromatic carbocycles. The van der Waals surface area contributed by atoms with Gasteiger partial charge in [0.2, 0.25) is 5.91 Å². The standard InChI is InChI=1S/C17H23N3O2S/c1-12(2)11-20-17(22)10-13(18-20)9-16(21)19-7-4-3-5-15-14(19)6-8-23-15/h6,8,10,12,18H,3-5,7,9,11H2,1-2H3. The van der Waals surface area contributed by atoms with Gasteiger partial charge < -0.3 is 4.90 Å². The highest BCUT2D eigenvalue weighted by Crippen LogP contribution is 2.31. The Morgan fingerprint density at radius 2 is 2.22 bits per heavy atom. The van der Waals surface area contributed by atoms with Crippen LogP contribution in [-0.2, 0) is 24.2 Å². The number of nitrogens with zero attached hydrogens (tertiary/aromatic N) is 2. The summed E-state index contributed by atoms with van der Waals surface area (Å²) in [7, 11) is 0. The van der Waals surface area contributed by atoms with Gasteiger partial charge in [-0.15, -0.1) is 11.3 Å². The predicted octanol–water partition coefficient (Wildman–Crippen LogP) is 2.81. The first-order valence-corrected chi connectivity index (χ1v) is 9.08. The number of amides is 1. The maximum absolute atomic E-state index is 12.7. The van der Waals surface area contributed by atoms with Crippen molar-refractivity contribution in [3.8, 4) is 0 Å². The van der Waals surface area contributed by atoms with Gasteiger partial charge in [-0.2, -0.15) is 0 Å². The van der Waals surface area contributed by atoms with Crippen LogP contribution in [0.25, 0.3) is 0 Å². The molecule has 124 valence electrons. The molecule has 5 nitrogen and oxygen atoms in total. The van der Waals surface area contributed by atoms with Crippen molar-refractivity contribution >= 4 is 22.9 Å². The number of rotatable bonds is 4. The zero-order valence-corrected chi connectivity index (χ0v) is 14.5. The van der Waals surface area contributed by atoms with Crippen molar-refractivity contribution in [1.82, 2.24) is 9.78 Å². The Hall–Kier alpha value is -1.82. The van der Waals surface area contributed by atoms with Crippen LogP contribution in [0.2, 0.25) is 0 Å². The monoisotopic (exact) mass is 333 g/mol. The average Bonchev–Trinajstić information content (AvgIpc) is 3.00. The number of aromatic nitrogens is 2. The lowest BCUT2D eigenvalue weighted by Gasteiger charge is -2.20. The van der Waals surface area contributed by atoms with Crippen LogP contribution in [-0.4, -0.2) is 22.2 Å². The van der Waals surface area contributed by atoms with Crippen molar-refractivity contribution in [3.05, 3.63) is 38.4 Å². The summed E-state index contributed by atoms with van der Waals surface area (Å²) in [6, 6.07) is 3.59. The first kappa shape index (κ1) is 16.1. The molecule has 0 fully saturated rings. The van der Waals surface area contributed by atoms with E-state index in [1.807, 2.05) is 11.0 Å². The van der Waals surface area contributed by atoms with Crippen LogP contribution < -0.4 is 10.5 Å². The number of aromatic amines is 1. The van der Waals surface area contributed by atoms with E-state index in [0.717, 1.165) is 31.5 Å². The quantitative estimate of drug-likeness (QED) is 0.935. The second kappa shape index (κ2) is 6.74.